The molecule has 1 heterocycles. The third-order valence-electron chi connectivity index (χ3n) is 1.46. The van der Waals surface area contributed by atoms with E-state index in [-0.39, 0.29) is 18.4 Å². The second-order valence-electron chi connectivity index (χ2n) is 2.42. The van der Waals surface area contributed by atoms with Gasteiger partial charge in [-0.25, -0.2) is 9.18 Å². The van der Waals surface area contributed by atoms with E-state index in [0.29, 0.717) is 0 Å². The van der Waals surface area contributed by atoms with Crippen LogP contribution < -0.4 is 0 Å². The summed E-state index contributed by atoms with van der Waals surface area (Å²) in [5.41, 5.74) is -1.32. The summed E-state index contributed by atoms with van der Waals surface area (Å²) in [7, 11) is 0. The van der Waals surface area contributed by atoms with Crippen molar-refractivity contribution in [2.75, 3.05) is 18.4 Å². The Morgan fingerprint density at radius 1 is 1.80 bits per heavy atom. The van der Waals surface area contributed by atoms with Crippen LogP contribution >= 0.6 is 15.9 Å². The van der Waals surface area contributed by atoms with Crippen molar-refractivity contribution >= 4 is 22.0 Å². The lowest BCUT2D eigenvalue weighted by atomic mass is 10.0. The average Bonchev–Trinajstić information content (AvgIpc) is 1.80. The van der Waals surface area contributed by atoms with Crippen molar-refractivity contribution in [1.82, 2.24) is 4.90 Å². The molecule has 3 nitrogen and oxygen atoms in total. The predicted molar refractivity (Wildman–Crippen MR) is 37.2 cm³/mol. The van der Waals surface area contributed by atoms with Crippen molar-refractivity contribution in [3.63, 3.8) is 0 Å². The molecule has 1 rings (SSSR count). The Balaban J connectivity index is 2.36. The second kappa shape index (κ2) is 2.38. The summed E-state index contributed by atoms with van der Waals surface area (Å²) in [5, 5.41) is 8.52. The van der Waals surface area contributed by atoms with Gasteiger partial charge in [0.05, 0.1) is 13.1 Å². The number of hydrogen-bond donors (Lipinski definition) is 1. The Hall–Kier alpha value is -0.320. The van der Waals surface area contributed by atoms with E-state index in [1.54, 1.807) is 0 Å². The monoisotopic (exact) mass is 211 g/mol. The quantitative estimate of drug-likeness (QED) is 0.660. The van der Waals surface area contributed by atoms with Gasteiger partial charge in [-0.3, -0.25) is 0 Å². The molecule has 1 aliphatic heterocycles. The lowest BCUT2D eigenvalue weighted by molar-refractivity contribution is -0.00216. The van der Waals surface area contributed by atoms with Gasteiger partial charge in [0.25, 0.3) is 0 Å². The Morgan fingerprint density at radius 2 is 2.30 bits per heavy atom. The van der Waals surface area contributed by atoms with Crippen LogP contribution in [0.3, 0.4) is 0 Å². The summed E-state index contributed by atoms with van der Waals surface area (Å²) in [6, 6.07) is 0. The summed E-state index contributed by atoms with van der Waals surface area (Å²) < 4.78 is 12.9. The molecule has 0 aromatic heterocycles. The number of alkyl halides is 2. The first-order chi connectivity index (χ1) is 4.57. The van der Waals surface area contributed by atoms with E-state index in [2.05, 4.69) is 15.9 Å². The van der Waals surface area contributed by atoms with Crippen molar-refractivity contribution in [3.05, 3.63) is 0 Å². The molecule has 1 fully saturated rings. The lowest BCUT2D eigenvalue weighted by Crippen LogP contribution is -2.61. The number of nitrogens with zero attached hydrogens (tertiary/aromatic N) is 1. The maximum absolute atomic E-state index is 12.9. The van der Waals surface area contributed by atoms with Gasteiger partial charge in [-0.05, 0) is 0 Å². The largest absolute Gasteiger partial charge is 0.465 e. The highest BCUT2D eigenvalue weighted by Gasteiger charge is 2.44. The van der Waals surface area contributed by atoms with Crippen molar-refractivity contribution < 1.29 is 14.3 Å². The molecule has 0 bridgehead atoms. The fourth-order valence-electron chi connectivity index (χ4n) is 0.858. The van der Waals surface area contributed by atoms with Crippen LogP contribution in [0.2, 0.25) is 0 Å². The van der Waals surface area contributed by atoms with E-state index in [4.69, 9.17) is 5.11 Å². The summed E-state index contributed by atoms with van der Waals surface area (Å²) in [6.45, 7) is -0.0127. The molecule has 1 aliphatic rings. The minimum absolute atomic E-state index is 0.00637. The van der Waals surface area contributed by atoms with Crippen LogP contribution in [0.4, 0.5) is 9.18 Å². The van der Waals surface area contributed by atoms with E-state index >= 15 is 0 Å². The van der Waals surface area contributed by atoms with Gasteiger partial charge in [0, 0.05) is 5.33 Å². The normalized spacial score (nSPS) is 22.0. The third-order valence-corrected chi connectivity index (χ3v) is 2.46. The summed E-state index contributed by atoms with van der Waals surface area (Å²) in [5.74, 6) is 0. The molecule has 1 amide bonds. The molecule has 0 atom stereocenters. The van der Waals surface area contributed by atoms with Gasteiger partial charge in [-0.1, -0.05) is 15.9 Å². The second-order valence-corrected chi connectivity index (χ2v) is 2.98. The molecule has 0 spiro atoms. The highest BCUT2D eigenvalue weighted by molar-refractivity contribution is 9.09. The Bertz CT molecular complexity index is 158. The predicted octanol–water partition coefficient (Wildman–Crippen LogP) is 1.08. The number of carbonyl (C=O) groups is 1. The molecular weight excluding hydrogens is 205 g/mol. The smallest absolute Gasteiger partial charge is 0.407 e. The molecule has 0 radical (unpaired) electrons. The highest BCUT2D eigenvalue weighted by Crippen LogP contribution is 2.26. The van der Waals surface area contributed by atoms with Gasteiger partial charge in [0.1, 0.15) is 0 Å². The minimum atomic E-state index is -1.32. The van der Waals surface area contributed by atoms with Gasteiger partial charge in [-0.15, -0.1) is 0 Å². The standard InChI is InChI=1S/C5H7BrFNO2/c6-1-5(7)2-8(3-5)4(9)10/h1-3H2,(H,9,10). The molecule has 1 N–H and O–H groups in total. The van der Waals surface area contributed by atoms with Crippen LogP contribution in [0.25, 0.3) is 0 Å². The van der Waals surface area contributed by atoms with E-state index < -0.39 is 11.8 Å². The van der Waals surface area contributed by atoms with Gasteiger partial charge >= 0.3 is 6.09 Å². The van der Waals surface area contributed by atoms with Crippen molar-refractivity contribution in [3.8, 4) is 0 Å². The van der Waals surface area contributed by atoms with Gasteiger partial charge in [0.2, 0.25) is 0 Å². The fraction of sp³-hybridized carbons (Fsp3) is 0.800. The van der Waals surface area contributed by atoms with Crippen LogP contribution in [0.1, 0.15) is 0 Å². The number of halogens is 2. The number of carboxylic acid groups (broad SMARTS) is 1. The molecule has 0 aromatic carbocycles. The molecule has 0 unspecified atom stereocenters. The SMILES string of the molecule is O=C(O)N1CC(F)(CBr)C1. The van der Waals surface area contributed by atoms with Crippen molar-refractivity contribution in [2.24, 2.45) is 0 Å². The molecule has 5 heteroatoms. The summed E-state index contributed by atoms with van der Waals surface area (Å²) >= 11 is 2.96. The first-order valence-electron chi connectivity index (χ1n) is 2.80. The average molecular weight is 212 g/mol. The summed E-state index contributed by atoms with van der Waals surface area (Å²) in [4.78, 5) is 11.2. The molecule has 0 saturated carbocycles. The zero-order valence-corrected chi connectivity index (χ0v) is 6.77. The topological polar surface area (TPSA) is 40.5 Å². The maximum Gasteiger partial charge on any atom is 0.407 e. The molecule has 10 heavy (non-hydrogen) atoms. The molecular formula is C5H7BrFNO2. The van der Waals surface area contributed by atoms with Crippen molar-refractivity contribution in [1.29, 1.82) is 0 Å². The maximum atomic E-state index is 12.9. The van der Waals surface area contributed by atoms with Crippen LogP contribution in [-0.4, -0.2) is 40.2 Å². The van der Waals surface area contributed by atoms with E-state index in [1.807, 2.05) is 0 Å². The van der Waals surface area contributed by atoms with Gasteiger partial charge in [-0.2, -0.15) is 0 Å². The van der Waals surface area contributed by atoms with Crippen LogP contribution in [0.15, 0.2) is 0 Å². The fourth-order valence-corrected chi connectivity index (χ4v) is 1.21. The Labute approximate surface area is 65.9 Å². The lowest BCUT2D eigenvalue weighted by Gasteiger charge is -2.41. The van der Waals surface area contributed by atoms with Crippen LogP contribution in [0.5, 0.6) is 0 Å². The molecule has 1 saturated heterocycles. The van der Waals surface area contributed by atoms with E-state index in [0.717, 1.165) is 4.90 Å². The Morgan fingerprint density at radius 3 is 2.60 bits per heavy atom. The first-order valence-corrected chi connectivity index (χ1v) is 3.92. The highest BCUT2D eigenvalue weighted by atomic mass is 79.9. The van der Waals surface area contributed by atoms with E-state index in [1.165, 1.54) is 0 Å². The molecule has 0 aliphatic carbocycles. The minimum Gasteiger partial charge on any atom is -0.465 e. The van der Waals surface area contributed by atoms with Crippen LogP contribution in [0, 0.1) is 0 Å². The Kier molecular flexibility index (Phi) is 1.85. The van der Waals surface area contributed by atoms with E-state index in [9.17, 15) is 9.18 Å². The van der Waals surface area contributed by atoms with Gasteiger partial charge < -0.3 is 10.0 Å². The zero-order valence-electron chi connectivity index (χ0n) is 5.18. The first kappa shape index (κ1) is 7.78. The molecule has 58 valence electrons. The number of rotatable bonds is 1. The zero-order chi connectivity index (χ0) is 7.78. The number of amides is 1. The molecule has 0 aromatic rings. The number of likely N-dealkylation sites (tertiary alicyclic amines) is 1. The van der Waals surface area contributed by atoms with Crippen molar-refractivity contribution in [2.45, 2.75) is 5.67 Å². The third kappa shape index (κ3) is 1.23. The van der Waals surface area contributed by atoms with Crippen LogP contribution in [-0.2, 0) is 0 Å². The van der Waals surface area contributed by atoms with Gasteiger partial charge in [0.15, 0.2) is 5.67 Å². The number of hydrogen-bond acceptors (Lipinski definition) is 1. The summed E-state index contributed by atoms with van der Waals surface area (Å²) in [6.07, 6.45) is -1.05.